The molecular formula is C19H28N4O4. The van der Waals surface area contributed by atoms with Gasteiger partial charge in [0.2, 0.25) is 0 Å². The summed E-state index contributed by atoms with van der Waals surface area (Å²) in [7, 11) is 0. The van der Waals surface area contributed by atoms with Crippen LogP contribution in [0.4, 0.5) is 5.69 Å². The number of nitrogens with two attached hydrogens (primary N) is 1. The van der Waals surface area contributed by atoms with Crippen LogP contribution in [0.1, 0.15) is 59.2 Å². The Morgan fingerprint density at radius 1 is 1.11 bits per heavy atom. The summed E-state index contributed by atoms with van der Waals surface area (Å²) < 4.78 is 0. The molecule has 27 heavy (non-hydrogen) atoms. The standard InChI is InChI=1S/C19H28N4O4/c20-10-3-1-2-4-11-21-13-7-5-6-12-16(13)19(27)23(18(12)26)14-8-9-15(24)22-17(14)25/h5-7,14-15,17,21-22,24-25H,1-4,8-11,20H2. The fourth-order valence-corrected chi connectivity index (χ4v) is 3.75. The Balaban J connectivity index is 1.70. The molecule has 2 aliphatic heterocycles. The fraction of sp³-hybridized carbons (Fsp3) is 0.579. The van der Waals surface area contributed by atoms with Crippen LogP contribution >= 0.6 is 0 Å². The summed E-state index contributed by atoms with van der Waals surface area (Å²) in [6.45, 7) is 1.41. The van der Waals surface area contributed by atoms with Crippen molar-refractivity contribution in [3.05, 3.63) is 29.3 Å². The van der Waals surface area contributed by atoms with Crippen LogP contribution < -0.4 is 16.4 Å². The van der Waals surface area contributed by atoms with Gasteiger partial charge in [-0.2, -0.15) is 0 Å². The van der Waals surface area contributed by atoms with E-state index in [2.05, 4.69) is 10.6 Å². The number of carbonyl (C=O) groups is 2. The highest BCUT2D eigenvalue weighted by atomic mass is 16.3. The lowest BCUT2D eigenvalue weighted by atomic mass is 10.0. The van der Waals surface area contributed by atoms with Crippen LogP contribution in [0.25, 0.3) is 0 Å². The van der Waals surface area contributed by atoms with E-state index in [0.29, 0.717) is 42.7 Å². The summed E-state index contributed by atoms with van der Waals surface area (Å²) in [5, 5.41) is 25.6. The Bertz CT molecular complexity index is 696. The highest BCUT2D eigenvalue weighted by Gasteiger charge is 2.45. The molecule has 1 fully saturated rings. The molecule has 3 rings (SSSR count). The summed E-state index contributed by atoms with van der Waals surface area (Å²) in [5.41, 5.74) is 6.85. The molecule has 0 saturated carbocycles. The number of rotatable bonds is 8. The summed E-state index contributed by atoms with van der Waals surface area (Å²) in [6.07, 6.45) is 2.84. The van der Waals surface area contributed by atoms with Crippen molar-refractivity contribution >= 4 is 17.5 Å². The predicted octanol–water partition coefficient (Wildman–Crippen LogP) is 0.602. The van der Waals surface area contributed by atoms with E-state index in [1.165, 1.54) is 0 Å². The van der Waals surface area contributed by atoms with Gasteiger partial charge < -0.3 is 21.3 Å². The number of nitrogens with one attached hydrogen (secondary N) is 2. The van der Waals surface area contributed by atoms with Gasteiger partial charge in [-0.05, 0) is 44.4 Å². The lowest BCUT2D eigenvalue weighted by molar-refractivity contribution is -0.0413. The molecule has 2 amide bonds. The number of aliphatic hydroxyl groups excluding tert-OH is 2. The molecule has 8 heteroatoms. The van der Waals surface area contributed by atoms with Gasteiger partial charge in [0.05, 0.1) is 17.2 Å². The van der Waals surface area contributed by atoms with Crippen LogP contribution in [-0.4, -0.2) is 58.5 Å². The Kier molecular flexibility index (Phi) is 6.43. The number of fused-ring (bicyclic) bond motifs is 1. The largest absolute Gasteiger partial charge is 0.384 e. The van der Waals surface area contributed by atoms with Crippen molar-refractivity contribution in [3.8, 4) is 0 Å². The molecule has 3 unspecified atom stereocenters. The van der Waals surface area contributed by atoms with Crippen LogP contribution in [0.3, 0.4) is 0 Å². The zero-order valence-corrected chi connectivity index (χ0v) is 15.4. The van der Waals surface area contributed by atoms with Crippen molar-refractivity contribution in [3.63, 3.8) is 0 Å². The minimum atomic E-state index is -1.14. The third-order valence-electron chi connectivity index (χ3n) is 5.19. The summed E-state index contributed by atoms with van der Waals surface area (Å²) in [6, 6.07) is 4.50. The number of hydrogen-bond donors (Lipinski definition) is 5. The van der Waals surface area contributed by atoms with Gasteiger partial charge >= 0.3 is 0 Å². The van der Waals surface area contributed by atoms with Crippen molar-refractivity contribution in [2.45, 2.75) is 57.0 Å². The second-order valence-electron chi connectivity index (χ2n) is 7.11. The monoisotopic (exact) mass is 376 g/mol. The number of benzene rings is 1. The number of piperidine rings is 1. The number of aliphatic hydroxyl groups is 2. The molecule has 2 heterocycles. The first-order chi connectivity index (χ1) is 13.0. The number of amides is 2. The second-order valence-corrected chi connectivity index (χ2v) is 7.11. The molecule has 6 N–H and O–H groups in total. The van der Waals surface area contributed by atoms with E-state index in [9.17, 15) is 19.8 Å². The maximum absolute atomic E-state index is 13.0. The zero-order chi connectivity index (χ0) is 19.4. The minimum Gasteiger partial charge on any atom is -0.384 e. The molecule has 8 nitrogen and oxygen atoms in total. The average molecular weight is 376 g/mol. The Hall–Kier alpha value is -2.00. The van der Waals surface area contributed by atoms with E-state index in [1.807, 2.05) is 0 Å². The number of nitrogens with zero attached hydrogens (tertiary/aromatic N) is 1. The van der Waals surface area contributed by atoms with Crippen molar-refractivity contribution in [1.29, 1.82) is 0 Å². The van der Waals surface area contributed by atoms with Crippen LogP contribution in [0.5, 0.6) is 0 Å². The zero-order valence-electron chi connectivity index (χ0n) is 15.4. The second kappa shape index (κ2) is 8.79. The first-order valence-electron chi connectivity index (χ1n) is 9.61. The summed E-state index contributed by atoms with van der Waals surface area (Å²) >= 11 is 0. The van der Waals surface area contributed by atoms with Gasteiger partial charge in [0.1, 0.15) is 12.5 Å². The van der Waals surface area contributed by atoms with Gasteiger partial charge in [-0.3, -0.25) is 19.8 Å². The van der Waals surface area contributed by atoms with Crippen LogP contribution in [0.15, 0.2) is 18.2 Å². The van der Waals surface area contributed by atoms with Gasteiger partial charge in [-0.15, -0.1) is 0 Å². The quantitative estimate of drug-likeness (QED) is 0.332. The average Bonchev–Trinajstić information content (AvgIpc) is 2.90. The molecule has 0 aromatic heterocycles. The van der Waals surface area contributed by atoms with Crippen LogP contribution in [0, 0.1) is 0 Å². The van der Waals surface area contributed by atoms with E-state index in [-0.39, 0.29) is 0 Å². The van der Waals surface area contributed by atoms with Gasteiger partial charge in [-0.25, -0.2) is 0 Å². The molecule has 0 aliphatic carbocycles. The van der Waals surface area contributed by atoms with Crippen molar-refractivity contribution in [2.24, 2.45) is 5.73 Å². The smallest absolute Gasteiger partial charge is 0.264 e. The van der Waals surface area contributed by atoms with E-state index in [1.54, 1.807) is 18.2 Å². The summed E-state index contributed by atoms with van der Waals surface area (Å²) in [4.78, 5) is 26.9. The third-order valence-corrected chi connectivity index (χ3v) is 5.19. The molecule has 3 atom stereocenters. The molecule has 1 saturated heterocycles. The first kappa shape index (κ1) is 19.8. The first-order valence-corrected chi connectivity index (χ1v) is 9.61. The summed E-state index contributed by atoms with van der Waals surface area (Å²) in [5.74, 6) is -0.799. The van der Waals surface area contributed by atoms with Crippen LogP contribution in [-0.2, 0) is 0 Å². The number of imide groups is 1. The Labute approximate surface area is 158 Å². The molecular weight excluding hydrogens is 348 g/mol. The maximum Gasteiger partial charge on any atom is 0.264 e. The van der Waals surface area contributed by atoms with E-state index >= 15 is 0 Å². The van der Waals surface area contributed by atoms with Gasteiger partial charge in [0.25, 0.3) is 11.8 Å². The molecule has 0 bridgehead atoms. The number of anilines is 1. The van der Waals surface area contributed by atoms with Crippen molar-refractivity contribution in [2.75, 3.05) is 18.4 Å². The topological polar surface area (TPSA) is 128 Å². The lowest BCUT2D eigenvalue weighted by Gasteiger charge is -2.36. The number of carbonyl (C=O) groups excluding carboxylic acids is 2. The maximum atomic E-state index is 13.0. The highest BCUT2D eigenvalue weighted by molar-refractivity contribution is 6.24. The molecule has 1 aromatic rings. The van der Waals surface area contributed by atoms with Crippen molar-refractivity contribution in [1.82, 2.24) is 10.2 Å². The fourth-order valence-electron chi connectivity index (χ4n) is 3.75. The van der Waals surface area contributed by atoms with Gasteiger partial charge in [0.15, 0.2) is 0 Å². The molecule has 148 valence electrons. The highest BCUT2D eigenvalue weighted by Crippen LogP contribution is 2.33. The van der Waals surface area contributed by atoms with Crippen LogP contribution in [0.2, 0.25) is 0 Å². The predicted molar refractivity (Wildman–Crippen MR) is 101 cm³/mol. The third kappa shape index (κ3) is 4.14. The molecule has 2 aliphatic rings. The molecule has 1 aromatic carbocycles. The Morgan fingerprint density at radius 3 is 2.63 bits per heavy atom. The van der Waals surface area contributed by atoms with E-state index in [4.69, 9.17) is 5.73 Å². The minimum absolute atomic E-state index is 0.352. The van der Waals surface area contributed by atoms with Gasteiger partial charge in [0, 0.05) is 12.2 Å². The normalized spacial score (nSPS) is 25.0. The van der Waals surface area contributed by atoms with Crippen molar-refractivity contribution < 1.29 is 19.8 Å². The number of unbranched alkanes of at least 4 members (excludes halogenated alkanes) is 3. The lowest BCUT2D eigenvalue weighted by Crippen LogP contribution is -2.58. The Morgan fingerprint density at radius 2 is 1.89 bits per heavy atom. The van der Waals surface area contributed by atoms with E-state index < -0.39 is 30.3 Å². The molecule has 0 radical (unpaired) electrons. The van der Waals surface area contributed by atoms with Gasteiger partial charge in [-0.1, -0.05) is 18.9 Å². The molecule has 0 spiro atoms. The van der Waals surface area contributed by atoms with E-state index in [0.717, 1.165) is 30.6 Å². The SMILES string of the molecule is NCCCCCCNc1cccc2c1C(=O)N(C1CCC(O)NC1O)C2=O. The number of hydrogen-bond acceptors (Lipinski definition) is 7.